The molecule has 3 aromatic carbocycles. The van der Waals surface area contributed by atoms with Crippen LogP contribution in [-0.4, -0.2) is 16.1 Å². The van der Waals surface area contributed by atoms with E-state index in [2.05, 4.69) is 27.6 Å². The Balaban J connectivity index is 1.67. The number of H-pyrrole nitrogens is 1. The van der Waals surface area contributed by atoms with Crippen LogP contribution in [0, 0.1) is 6.92 Å². The molecule has 0 saturated carbocycles. The van der Waals surface area contributed by atoms with Crippen LogP contribution in [0.15, 0.2) is 66.7 Å². The highest BCUT2D eigenvalue weighted by atomic mass is 35.5. The maximum Gasteiger partial charge on any atom is 0.273 e. The van der Waals surface area contributed by atoms with Gasteiger partial charge in [0.25, 0.3) is 5.91 Å². The van der Waals surface area contributed by atoms with Gasteiger partial charge >= 0.3 is 0 Å². The van der Waals surface area contributed by atoms with Gasteiger partial charge in [0.1, 0.15) is 5.69 Å². The van der Waals surface area contributed by atoms with E-state index in [0.717, 1.165) is 27.6 Å². The average molecular weight is 362 g/mol. The van der Waals surface area contributed by atoms with Gasteiger partial charge in [-0.3, -0.25) is 9.89 Å². The fourth-order valence-corrected chi connectivity index (χ4v) is 3.26. The highest BCUT2D eigenvalue weighted by Crippen LogP contribution is 2.29. The van der Waals surface area contributed by atoms with Crippen molar-refractivity contribution in [2.45, 2.75) is 6.92 Å². The molecular weight excluding hydrogens is 346 g/mol. The van der Waals surface area contributed by atoms with Crippen LogP contribution in [0.1, 0.15) is 16.1 Å². The highest BCUT2D eigenvalue weighted by molar-refractivity contribution is 6.34. The SMILES string of the molecule is Cc1cccc(Cl)c1NC(=O)c1cc(-c2cccc3ccccc23)n[nH]1. The number of nitrogens with one attached hydrogen (secondary N) is 2. The van der Waals surface area contributed by atoms with Gasteiger partial charge in [0.15, 0.2) is 0 Å². The van der Waals surface area contributed by atoms with E-state index >= 15 is 0 Å². The van der Waals surface area contributed by atoms with Crippen molar-refractivity contribution in [3.8, 4) is 11.3 Å². The molecule has 4 aromatic rings. The Hall–Kier alpha value is -3.11. The van der Waals surface area contributed by atoms with Crippen LogP contribution in [-0.2, 0) is 0 Å². The minimum absolute atomic E-state index is 0.278. The molecule has 1 amide bonds. The van der Waals surface area contributed by atoms with Crippen molar-refractivity contribution in [1.82, 2.24) is 10.2 Å². The monoisotopic (exact) mass is 361 g/mol. The van der Waals surface area contributed by atoms with Crippen LogP contribution in [0.2, 0.25) is 5.02 Å². The van der Waals surface area contributed by atoms with E-state index in [-0.39, 0.29) is 5.91 Å². The standard InChI is InChI=1S/C21H16ClN3O/c1-13-6-4-11-17(22)20(13)23-21(26)19-12-18(24-25-19)16-10-5-8-14-7-2-3-9-15(14)16/h2-12H,1H3,(H,23,26)(H,24,25). The second-order valence-corrected chi connectivity index (χ2v) is 6.49. The van der Waals surface area contributed by atoms with Crippen LogP contribution in [0.25, 0.3) is 22.0 Å². The fraction of sp³-hybridized carbons (Fsp3) is 0.0476. The number of aryl methyl sites for hydroxylation is 1. The van der Waals surface area contributed by atoms with E-state index in [1.165, 1.54) is 0 Å². The maximum absolute atomic E-state index is 12.6. The summed E-state index contributed by atoms with van der Waals surface area (Å²) in [7, 11) is 0. The van der Waals surface area contributed by atoms with Gasteiger partial charge in [-0.15, -0.1) is 0 Å². The van der Waals surface area contributed by atoms with Gasteiger partial charge in [0, 0.05) is 5.56 Å². The first-order chi connectivity index (χ1) is 12.6. The molecule has 0 aliphatic heterocycles. The minimum Gasteiger partial charge on any atom is -0.319 e. The Morgan fingerprint density at radius 1 is 1.04 bits per heavy atom. The van der Waals surface area contributed by atoms with Gasteiger partial charge in [-0.05, 0) is 35.4 Å². The van der Waals surface area contributed by atoms with Gasteiger partial charge in [0.05, 0.1) is 16.4 Å². The number of carbonyl (C=O) groups excluding carboxylic acids is 1. The molecule has 0 aliphatic rings. The van der Waals surface area contributed by atoms with E-state index < -0.39 is 0 Å². The first-order valence-electron chi connectivity index (χ1n) is 8.23. The number of carbonyl (C=O) groups is 1. The number of halogens is 1. The molecule has 0 radical (unpaired) electrons. The largest absolute Gasteiger partial charge is 0.319 e. The predicted molar refractivity (Wildman–Crippen MR) is 106 cm³/mol. The molecular formula is C21H16ClN3O. The summed E-state index contributed by atoms with van der Waals surface area (Å²) in [6.07, 6.45) is 0. The zero-order valence-electron chi connectivity index (χ0n) is 14.1. The molecule has 1 aromatic heterocycles. The summed E-state index contributed by atoms with van der Waals surface area (Å²) >= 11 is 6.19. The average Bonchev–Trinajstić information content (AvgIpc) is 3.14. The van der Waals surface area contributed by atoms with Crippen LogP contribution in [0.4, 0.5) is 5.69 Å². The third-order valence-electron chi connectivity index (χ3n) is 4.35. The number of fused-ring (bicyclic) bond motifs is 1. The van der Waals surface area contributed by atoms with E-state index in [1.807, 2.05) is 49.4 Å². The summed E-state index contributed by atoms with van der Waals surface area (Å²) in [5.41, 5.74) is 3.60. The molecule has 0 atom stereocenters. The Morgan fingerprint density at radius 3 is 2.65 bits per heavy atom. The van der Waals surface area contributed by atoms with E-state index in [0.29, 0.717) is 16.4 Å². The van der Waals surface area contributed by atoms with Crippen molar-refractivity contribution >= 4 is 34.0 Å². The molecule has 2 N–H and O–H groups in total. The van der Waals surface area contributed by atoms with Crippen LogP contribution < -0.4 is 5.32 Å². The highest BCUT2D eigenvalue weighted by Gasteiger charge is 2.15. The Morgan fingerprint density at radius 2 is 1.81 bits per heavy atom. The lowest BCUT2D eigenvalue weighted by Crippen LogP contribution is -2.13. The lowest BCUT2D eigenvalue weighted by Gasteiger charge is -2.08. The van der Waals surface area contributed by atoms with Crippen LogP contribution in [0.3, 0.4) is 0 Å². The summed E-state index contributed by atoms with van der Waals surface area (Å²) in [5, 5.41) is 12.7. The molecule has 0 saturated heterocycles. The van der Waals surface area contributed by atoms with Crippen LogP contribution in [0.5, 0.6) is 0 Å². The molecule has 0 fully saturated rings. The molecule has 128 valence electrons. The number of aromatic nitrogens is 2. The van der Waals surface area contributed by atoms with Gasteiger partial charge in [-0.2, -0.15) is 5.10 Å². The van der Waals surface area contributed by atoms with E-state index in [4.69, 9.17) is 11.6 Å². The molecule has 26 heavy (non-hydrogen) atoms. The number of anilines is 1. The topological polar surface area (TPSA) is 57.8 Å². The number of para-hydroxylation sites is 1. The van der Waals surface area contributed by atoms with Crippen molar-refractivity contribution in [3.63, 3.8) is 0 Å². The van der Waals surface area contributed by atoms with Crippen molar-refractivity contribution in [3.05, 3.63) is 83.0 Å². The zero-order chi connectivity index (χ0) is 18.1. The van der Waals surface area contributed by atoms with E-state index in [1.54, 1.807) is 12.1 Å². The Kier molecular flexibility index (Phi) is 4.19. The summed E-state index contributed by atoms with van der Waals surface area (Å²) in [4.78, 5) is 12.6. The van der Waals surface area contributed by atoms with Gasteiger partial charge in [0.2, 0.25) is 0 Å². The normalized spacial score (nSPS) is 10.8. The van der Waals surface area contributed by atoms with Crippen molar-refractivity contribution in [2.75, 3.05) is 5.32 Å². The third-order valence-corrected chi connectivity index (χ3v) is 4.66. The fourth-order valence-electron chi connectivity index (χ4n) is 3.00. The quantitative estimate of drug-likeness (QED) is 0.510. The van der Waals surface area contributed by atoms with Crippen molar-refractivity contribution in [1.29, 1.82) is 0 Å². The molecule has 0 aliphatic carbocycles. The lowest BCUT2D eigenvalue weighted by molar-refractivity contribution is 0.102. The van der Waals surface area contributed by atoms with Gasteiger partial charge in [-0.25, -0.2) is 0 Å². The number of hydrogen-bond acceptors (Lipinski definition) is 2. The Labute approximate surface area is 155 Å². The number of nitrogens with zero attached hydrogens (tertiary/aromatic N) is 1. The van der Waals surface area contributed by atoms with Crippen LogP contribution >= 0.6 is 11.6 Å². The molecule has 0 bridgehead atoms. The summed E-state index contributed by atoms with van der Waals surface area (Å²) in [5.74, 6) is -0.278. The number of rotatable bonds is 3. The van der Waals surface area contributed by atoms with Gasteiger partial charge in [-0.1, -0.05) is 66.2 Å². The molecule has 0 unspecified atom stereocenters. The summed E-state index contributed by atoms with van der Waals surface area (Å²) in [6, 6.07) is 21.4. The number of amides is 1. The molecule has 5 heteroatoms. The molecule has 4 nitrogen and oxygen atoms in total. The minimum atomic E-state index is -0.278. The molecule has 0 spiro atoms. The van der Waals surface area contributed by atoms with Crippen molar-refractivity contribution in [2.24, 2.45) is 0 Å². The summed E-state index contributed by atoms with van der Waals surface area (Å²) in [6.45, 7) is 1.90. The lowest BCUT2D eigenvalue weighted by atomic mass is 10.0. The third kappa shape index (κ3) is 2.95. The Bertz CT molecular complexity index is 1090. The first kappa shape index (κ1) is 16.4. The second-order valence-electron chi connectivity index (χ2n) is 6.08. The number of aromatic amines is 1. The molecule has 1 heterocycles. The predicted octanol–water partition coefficient (Wildman–Crippen LogP) is 5.44. The number of hydrogen-bond donors (Lipinski definition) is 2. The van der Waals surface area contributed by atoms with Crippen molar-refractivity contribution < 1.29 is 4.79 Å². The molecule has 4 rings (SSSR count). The summed E-state index contributed by atoms with van der Waals surface area (Å²) < 4.78 is 0. The maximum atomic E-state index is 12.6. The van der Waals surface area contributed by atoms with Gasteiger partial charge < -0.3 is 5.32 Å². The number of benzene rings is 3. The van der Waals surface area contributed by atoms with E-state index in [9.17, 15) is 4.79 Å². The first-order valence-corrected chi connectivity index (χ1v) is 8.61. The smallest absolute Gasteiger partial charge is 0.273 e. The second kappa shape index (κ2) is 6.65. The zero-order valence-corrected chi connectivity index (χ0v) is 14.8.